The minimum Gasteiger partial charge on any atom is -0.308 e. The monoisotopic (exact) mass is 207 g/mol. The molecule has 1 heterocycles. The van der Waals surface area contributed by atoms with Gasteiger partial charge >= 0.3 is 0 Å². The van der Waals surface area contributed by atoms with Crippen LogP contribution in [0.25, 0.3) is 0 Å². The molecule has 0 saturated heterocycles. The standard InChI is InChI=1S/C12H21N3/c1-12(2,3)10-7-14-15(4)11(10)8-13-9-5-6-9/h7,9,13H,5-6,8H2,1-4H3. The van der Waals surface area contributed by atoms with Crippen molar-refractivity contribution in [3.05, 3.63) is 17.5 Å². The van der Waals surface area contributed by atoms with Crippen LogP contribution in [0.5, 0.6) is 0 Å². The Hall–Kier alpha value is -0.830. The largest absolute Gasteiger partial charge is 0.308 e. The predicted molar refractivity (Wildman–Crippen MR) is 61.8 cm³/mol. The maximum Gasteiger partial charge on any atom is 0.0556 e. The van der Waals surface area contributed by atoms with Crippen LogP contribution in [0.15, 0.2) is 6.20 Å². The molecule has 0 aliphatic heterocycles. The molecule has 0 spiro atoms. The van der Waals surface area contributed by atoms with Crippen molar-refractivity contribution in [2.75, 3.05) is 0 Å². The van der Waals surface area contributed by atoms with Gasteiger partial charge in [-0.2, -0.15) is 5.10 Å². The zero-order chi connectivity index (χ0) is 11.1. The summed E-state index contributed by atoms with van der Waals surface area (Å²) in [5.74, 6) is 0. The molecule has 1 aliphatic rings. The maximum absolute atomic E-state index is 4.36. The average Bonchev–Trinajstić information content (AvgIpc) is 2.86. The lowest BCUT2D eigenvalue weighted by Gasteiger charge is -2.19. The Morgan fingerprint density at radius 2 is 2.13 bits per heavy atom. The first-order valence-electron chi connectivity index (χ1n) is 5.73. The summed E-state index contributed by atoms with van der Waals surface area (Å²) >= 11 is 0. The normalized spacial score (nSPS) is 17.1. The number of aromatic nitrogens is 2. The molecule has 0 radical (unpaired) electrons. The van der Waals surface area contributed by atoms with Gasteiger partial charge in [0.15, 0.2) is 0 Å². The van der Waals surface area contributed by atoms with Crippen molar-refractivity contribution in [3.63, 3.8) is 0 Å². The number of nitrogens with one attached hydrogen (secondary N) is 1. The van der Waals surface area contributed by atoms with Gasteiger partial charge in [-0.3, -0.25) is 4.68 Å². The number of aryl methyl sites for hydroxylation is 1. The Labute approximate surface area is 91.9 Å². The highest BCUT2D eigenvalue weighted by Crippen LogP contribution is 2.26. The minimum atomic E-state index is 0.189. The molecule has 0 bridgehead atoms. The van der Waals surface area contributed by atoms with Crippen molar-refractivity contribution in [2.45, 2.75) is 51.6 Å². The summed E-state index contributed by atoms with van der Waals surface area (Å²) in [4.78, 5) is 0. The molecule has 1 aromatic heterocycles. The van der Waals surface area contributed by atoms with Gasteiger partial charge in [0.2, 0.25) is 0 Å². The minimum absolute atomic E-state index is 0.189. The van der Waals surface area contributed by atoms with Gasteiger partial charge in [0, 0.05) is 19.6 Å². The van der Waals surface area contributed by atoms with Gasteiger partial charge in [0.1, 0.15) is 0 Å². The fourth-order valence-electron chi connectivity index (χ4n) is 1.83. The summed E-state index contributed by atoms with van der Waals surface area (Å²) in [6.45, 7) is 7.67. The van der Waals surface area contributed by atoms with Crippen LogP contribution in [0.4, 0.5) is 0 Å². The van der Waals surface area contributed by atoms with Crippen LogP contribution >= 0.6 is 0 Å². The van der Waals surface area contributed by atoms with Crippen LogP contribution < -0.4 is 5.32 Å². The van der Waals surface area contributed by atoms with E-state index in [1.165, 1.54) is 24.1 Å². The van der Waals surface area contributed by atoms with Gasteiger partial charge < -0.3 is 5.32 Å². The summed E-state index contributed by atoms with van der Waals surface area (Å²) in [6.07, 6.45) is 4.68. The van der Waals surface area contributed by atoms with Crippen LogP contribution in [0.1, 0.15) is 44.9 Å². The highest BCUT2D eigenvalue weighted by Gasteiger charge is 2.24. The Bertz CT molecular complexity index is 342. The molecule has 0 unspecified atom stereocenters. The third-order valence-electron chi connectivity index (χ3n) is 3.01. The van der Waals surface area contributed by atoms with E-state index in [1.54, 1.807) is 0 Å². The fraction of sp³-hybridized carbons (Fsp3) is 0.750. The number of hydrogen-bond acceptors (Lipinski definition) is 2. The second-order valence-corrected chi connectivity index (χ2v) is 5.53. The van der Waals surface area contributed by atoms with E-state index in [0.29, 0.717) is 0 Å². The smallest absolute Gasteiger partial charge is 0.0556 e. The van der Waals surface area contributed by atoms with Crippen molar-refractivity contribution < 1.29 is 0 Å². The summed E-state index contributed by atoms with van der Waals surface area (Å²) in [5.41, 5.74) is 2.88. The molecule has 84 valence electrons. The molecule has 3 heteroatoms. The van der Waals surface area contributed by atoms with Crippen molar-refractivity contribution in [2.24, 2.45) is 7.05 Å². The van der Waals surface area contributed by atoms with Crippen molar-refractivity contribution >= 4 is 0 Å². The van der Waals surface area contributed by atoms with E-state index < -0.39 is 0 Å². The Balaban J connectivity index is 2.15. The molecule has 1 N–H and O–H groups in total. The molecule has 1 aromatic rings. The molecule has 0 aromatic carbocycles. The summed E-state index contributed by atoms with van der Waals surface area (Å²) in [6, 6.07) is 0.757. The molecular formula is C12H21N3. The van der Waals surface area contributed by atoms with E-state index in [-0.39, 0.29) is 5.41 Å². The zero-order valence-electron chi connectivity index (χ0n) is 10.2. The van der Waals surface area contributed by atoms with Crippen molar-refractivity contribution in [3.8, 4) is 0 Å². The summed E-state index contributed by atoms with van der Waals surface area (Å²) in [5, 5.41) is 7.91. The first kappa shape index (κ1) is 10.7. The fourth-order valence-corrected chi connectivity index (χ4v) is 1.83. The van der Waals surface area contributed by atoms with Gasteiger partial charge in [-0.1, -0.05) is 20.8 Å². The molecule has 0 amide bonds. The van der Waals surface area contributed by atoms with E-state index in [4.69, 9.17) is 0 Å². The third-order valence-corrected chi connectivity index (χ3v) is 3.01. The van der Waals surface area contributed by atoms with E-state index in [9.17, 15) is 0 Å². The Morgan fingerprint density at radius 3 is 2.67 bits per heavy atom. The molecule has 1 fully saturated rings. The first-order valence-corrected chi connectivity index (χ1v) is 5.73. The van der Waals surface area contributed by atoms with E-state index in [0.717, 1.165) is 12.6 Å². The quantitative estimate of drug-likeness (QED) is 0.821. The number of hydrogen-bond donors (Lipinski definition) is 1. The zero-order valence-corrected chi connectivity index (χ0v) is 10.2. The van der Waals surface area contributed by atoms with Crippen molar-refractivity contribution in [1.82, 2.24) is 15.1 Å². The first-order chi connectivity index (χ1) is 6.98. The topological polar surface area (TPSA) is 29.9 Å². The summed E-state index contributed by atoms with van der Waals surface area (Å²) in [7, 11) is 2.03. The maximum atomic E-state index is 4.36. The lowest BCUT2D eigenvalue weighted by Crippen LogP contribution is -2.22. The van der Waals surface area contributed by atoms with Crippen LogP contribution in [0.3, 0.4) is 0 Å². The molecule has 1 saturated carbocycles. The molecule has 2 rings (SSSR count). The van der Waals surface area contributed by atoms with E-state index in [2.05, 4.69) is 31.2 Å². The third kappa shape index (κ3) is 2.40. The Kier molecular flexibility index (Phi) is 2.59. The lowest BCUT2D eigenvalue weighted by atomic mass is 9.87. The molecule has 15 heavy (non-hydrogen) atoms. The lowest BCUT2D eigenvalue weighted by molar-refractivity contribution is 0.559. The highest BCUT2D eigenvalue weighted by atomic mass is 15.3. The second-order valence-electron chi connectivity index (χ2n) is 5.53. The van der Waals surface area contributed by atoms with E-state index in [1.807, 2.05) is 17.9 Å². The van der Waals surface area contributed by atoms with Gasteiger partial charge in [-0.15, -0.1) is 0 Å². The number of rotatable bonds is 3. The van der Waals surface area contributed by atoms with Gasteiger partial charge in [-0.25, -0.2) is 0 Å². The van der Waals surface area contributed by atoms with Crippen LogP contribution in [-0.2, 0) is 19.0 Å². The molecule has 0 atom stereocenters. The second kappa shape index (κ2) is 3.63. The van der Waals surface area contributed by atoms with Gasteiger partial charge in [0.25, 0.3) is 0 Å². The van der Waals surface area contributed by atoms with Crippen LogP contribution in [-0.4, -0.2) is 15.8 Å². The molecular weight excluding hydrogens is 186 g/mol. The van der Waals surface area contributed by atoms with Crippen LogP contribution in [0.2, 0.25) is 0 Å². The molecule has 1 aliphatic carbocycles. The van der Waals surface area contributed by atoms with Gasteiger partial charge in [-0.05, 0) is 23.8 Å². The Morgan fingerprint density at radius 1 is 1.47 bits per heavy atom. The summed E-state index contributed by atoms with van der Waals surface area (Å²) < 4.78 is 2.00. The van der Waals surface area contributed by atoms with Gasteiger partial charge in [0.05, 0.1) is 11.9 Å². The van der Waals surface area contributed by atoms with E-state index >= 15 is 0 Å². The average molecular weight is 207 g/mol. The van der Waals surface area contributed by atoms with Crippen LogP contribution in [0, 0.1) is 0 Å². The predicted octanol–water partition coefficient (Wildman–Crippen LogP) is 1.97. The molecule has 3 nitrogen and oxygen atoms in total. The number of nitrogens with zero attached hydrogens (tertiary/aromatic N) is 2. The SMILES string of the molecule is Cn1ncc(C(C)(C)C)c1CNC1CC1. The van der Waals surface area contributed by atoms with Crippen molar-refractivity contribution in [1.29, 1.82) is 0 Å². The highest BCUT2D eigenvalue weighted by molar-refractivity contribution is 5.25.